The normalized spacial score (nSPS) is 16.8. The average Bonchev–Trinajstić information content (AvgIpc) is 3.36. The van der Waals surface area contributed by atoms with Crippen molar-refractivity contribution in [1.29, 1.82) is 0 Å². The molecule has 0 saturated carbocycles. The van der Waals surface area contributed by atoms with Crippen LogP contribution in [0.2, 0.25) is 0 Å². The molecule has 0 aliphatic heterocycles. The summed E-state index contributed by atoms with van der Waals surface area (Å²) in [6, 6.07) is 2.23. The Morgan fingerprint density at radius 1 is 1.35 bits per heavy atom. The number of unbranched alkanes of at least 4 members (excludes halogenated alkanes) is 1. The molecule has 26 heavy (non-hydrogen) atoms. The van der Waals surface area contributed by atoms with Crippen molar-refractivity contribution in [2.45, 2.75) is 63.5 Å². The third kappa shape index (κ3) is 3.83. The summed E-state index contributed by atoms with van der Waals surface area (Å²) in [5.41, 5.74) is 1.45. The fourth-order valence-corrected chi connectivity index (χ4v) is 4.94. The molecule has 0 unspecified atom stereocenters. The molecule has 3 aromatic rings. The zero-order valence-electron chi connectivity index (χ0n) is 15.0. The number of tetrazole rings is 1. The van der Waals surface area contributed by atoms with E-state index in [9.17, 15) is 0 Å². The lowest BCUT2D eigenvalue weighted by Gasteiger charge is -2.16. The van der Waals surface area contributed by atoms with Crippen molar-refractivity contribution < 1.29 is 4.42 Å². The summed E-state index contributed by atoms with van der Waals surface area (Å²) >= 11 is 3.27. The van der Waals surface area contributed by atoms with Gasteiger partial charge in [-0.2, -0.15) is 0 Å². The van der Waals surface area contributed by atoms with Crippen LogP contribution in [-0.4, -0.2) is 30.4 Å². The van der Waals surface area contributed by atoms with E-state index in [2.05, 4.69) is 45.6 Å². The number of thioether (sulfide) groups is 1. The van der Waals surface area contributed by atoms with Gasteiger partial charge in [0, 0.05) is 11.4 Å². The summed E-state index contributed by atoms with van der Waals surface area (Å²) in [5, 5.41) is 20.9. The molecular formula is C17H22N6OS2. The quantitative estimate of drug-likeness (QED) is 0.564. The van der Waals surface area contributed by atoms with Gasteiger partial charge in [-0.05, 0) is 53.7 Å². The predicted molar refractivity (Wildman–Crippen MR) is 101 cm³/mol. The Bertz CT molecular complexity index is 870. The highest BCUT2D eigenvalue weighted by molar-refractivity contribution is 7.98. The van der Waals surface area contributed by atoms with Crippen LogP contribution < -0.4 is 0 Å². The lowest BCUT2D eigenvalue weighted by molar-refractivity contribution is 0.466. The fourth-order valence-electron chi connectivity index (χ4n) is 3.11. The second-order valence-corrected chi connectivity index (χ2v) is 8.80. The van der Waals surface area contributed by atoms with Crippen LogP contribution in [-0.2, 0) is 25.1 Å². The summed E-state index contributed by atoms with van der Waals surface area (Å²) in [7, 11) is 0. The zero-order chi connectivity index (χ0) is 17.9. The van der Waals surface area contributed by atoms with Gasteiger partial charge in [0.1, 0.15) is 0 Å². The number of nitrogens with zero attached hydrogens (tertiary/aromatic N) is 6. The van der Waals surface area contributed by atoms with Crippen molar-refractivity contribution in [3.05, 3.63) is 22.3 Å². The molecule has 9 heteroatoms. The predicted octanol–water partition coefficient (Wildman–Crippen LogP) is 4.00. The average molecular weight is 391 g/mol. The second-order valence-electron chi connectivity index (χ2n) is 6.74. The van der Waals surface area contributed by atoms with E-state index in [1.807, 2.05) is 4.68 Å². The molecule has 0 spiro atoms. The number of aryl methyl sites for hydroxylation is 2. The molecule has 1 aliphatic carbocycles. The van der Waals surface area contributed by atoms with Crippen LogP contribution in [0.5, 0.6) is 0 Å². The topological polar surface area (TPSA) is 82.5 Å². The Balaban J connectivity index is 1.42. The first-order valence-electron chi connectivity index (χ1n) is 9.06. The molecular weight excluding hydrogens is 368 g/mol. The first-order valence-corrected chi connectivity index (χ1v) is 10.9. The summed E-state index contributed by atoms with van der Waals surface area (Å²) in [5.74, 6) is 2.84. The smallest absolute Gasteiger partial charge is 0.277 e. The Morgan fingerprint density at radius 3 is 3.15 bits per heavy atom. The summed E-state index contributed by atoms with van der Waals surface area (Å²) in [4.78, 5) is 2.55. The van der Waals surface area contributed by atoms with E-state index in [0.717, 1.165) is 48.8 Å². The Hall–Kier alpha value is -1.74. The van der Waals surface area contributed by atoms with E-state index in [-0.39, 0.29) is 0 Å². The van der Waals surface area contributed by atoms with Crippen molar-refractivity contribution in [2.75, 3.05) is 0 Å². The largest absolute Gasteiger partial charge is 0.410 e. The molecule has 3 aromatic heterocycles. The highest BCUT2D eigenvalue weighted by Crippen LogP contribution is 2.37. The van der Waals surface area contributed by atoms with E-state index in [0.29, 0.717) is 16.9 Å². The van der Waals surface area contributed by atoms with Gasteiger partial charge in [0.15, 0.2) is 5.82 Å². The molecule has 1 aliphatic rings. The Morgan fingerprint density at radius 2 is 2.27 bits per heavy atom. The van der Waals surface area contributed by atoms with Gasteiger partial charge in [0.2, 0.25) is 0 Å². The molecule has 0 radical (unpaired) electrons. The van der Waals surface area contributed by atoms with Crippen LogP contribution in [0, 0.1) is 5.92 Å². The minimum Gasteiger partial charge on any atom is -0.410 e. The number of hydrogen-bond acceptors (Lipinski definition) is 8. The summed E-state index contributed by atoms with van der Waals surface area (Å²) in [6.07, 6.45) is 5.77. The Kier molecular flexibility index (Phi) is 5.35. The zero-order valence-corrected chi connectivity index (χ0v) is 16.6. The molecule has 0 fully saturated rings. The fraction of sp³-hybridized carbons (Fsp3) is 0.588. The number of hydrogen-bond donors (Lipinski definition) is 0. The van der Waals surface area contributed by atoms with Gasteiger partial charge < -0.3 is 4.42 Å². The molecule has 3 heterocycles. The van der Waals surface area contributed by atoms with Gasteiger partial charge in [-0.1, -0.05) is 32.0 Å². The van der Waals surface area contributed by atoms with Crippen LogP contribution in [0.4, 0.5) is 0 Å². The highest BCUT2D eigenvalue weighted by atomic mass is 32.2. The monoisotopic (exact) mass is 390 g/mol. The standard InChI is InChI=1S/C17H22N6OS2/c1-3-4-7-23-15(18-21-22-23)10-25-17-20-19-16(24-17)14-9-12-8-11(2)5-6-13(12)26-14/h9,11H,3-8,10H2,1-2H3/t11-/m1/s1. The first-order chi connectivity index (χ1) is 12.7. The lowest BCUT2D eigenvalue weighted by atomic mass is 9.90. The summed E-state index contributed by atoms with van der Waals surface area (Å²) in [6.45, 7) is 5.31. The van der Waals surface area contributed by atoms with Gasteiger partial charge in [0.05, 0.1) is 10.6 Å². The minimum absolute atomic E-state index is 0.560. The molecule has 0 aromatic carbocycles. The molecule has 0 saturated heterocycles. The van der Waals surface area contributed by atoms with Crippen LogP contribution in [0.1, 0.15) is 49.4 Å². The molecule has 0 N–H and O–H groups in total. The first kappa shape index (κ1) is 17.7. The van der Waals surface area contributed by atoms with Crippen LogP contribution in [0.15, 0.2) is 15.7 Å². The molecule has 0 amide bonds. The van der Waals surface area contributed by atoms with Crippen molar-refractivity contribution in [1.82, 2.24) is 30.4 Å². The molecule has 7 nitrogen and oxygen atoms in total. The Labute approximate surface area is 160 Å². The third-order valence-electron chi connectivity index (χ3n) is 4.60. The maximum Gasteiger partial charge on any atom is 0.277 e. The van der Waals surface area contributed by atoms with Gasteiger partial charge in [0.25, 0.3) is 11.1 Å². The van der Waals surface area contributed by atoms with E-state index < -0.39 is 0 Å². The third-order valence-corrected chi connectivity index (χ3v) is 6.64. The van der Waals surface area contributed by atoms with E-state index in [4.69, 9.17) is 4.42 Å². The van der Waals surface area contributed by atoms with E-state index >= 15 is 0 Å². The molecule has 138 valence electrons. The number of fused-ring (bicyclic) bond motifs is 1. The van der Waals surface area contributed by atoms with Crippen LogP contribution in [0.3, 0.4) is 0 Å². The van der Waals surface area contributed by atoms with Crippen molar-refractivity contribution in [3.8, 4) is 10.8 Å². The van der Waals surface area contributed by atoms with Gasteiger partial charge >= 0.3 is 0 Å². The maximum absolute atomic E-state index is 5.87. The van der Waals surface area contributed by atoms with Crippen molar-refractivity contribution >= 4 is 23.1 Å². The number of rotatable bonds is 7. The number of aromatic nitrogens is 6. The number of thiophene rings is 1. The van der Waals surface area contributed by atoms with E-state index in [1.165, 1.54) is 28.6 Å². The van der Waals surface area contributed by atoms with Gasteiger partial charge in [-0.25, -0.2) is 4.68 Å². The van der Waals surface area contributed by atoms with Gasteiger partial charge in [-0.15, -0.1) is 26.6 Å². The second kappa shape index (κ2) is 7.87. The lowest BCUT2D eigenvalue weighted by Crippen LogP contribution is -2.07. The SMILES string of the molecule is CCCCn1nnnc1CSc1nnc(-c2cc3c(s2)CC[C@@H](C)C3)o1. The van der Waals surface area contributed by atoms with Gasteiger partial charge in [-0.3, -0.25) is 0 Å². The van der Waals surface area contributed by atoms with Crippen molar-refractivity contribution in [2.24, 2.45) is 5.92 Å². The van der Waals surface area contributed by atoms with E-state index in [1.54, 1.807) is 11.3 Å². The minimum atomic E-state index is 0.560. The van der Waals surface area contributed by atoms with Crippen molar-refractivity contribution in [3.63, 3.8) is 0 Å². The molecule has 4 rings (SSSR count). The van der Waals surface area contributed by atoms with Crippen LogP contribution >= 0.6 is 23.1 Å². The molecule has 0 bridgehead atoms. The molecule has 1 atom stereocenters. The van der Waals surface area contributed by atoms with Crippen LogP contribution in [0.25, 0.3) is 10.8 Å². The summed E-state index contributed by atoms with van der Waals surface area (Å²) < 4.78 is 7.72. The maximum atomic E-state index is 5.87. The highest BCUT2D eigenvalue weighted by Gasteiger charge is 2.21.